The van der Waals surface area contributed by atoms with E-state index in [-0.39, 0.29) is 0 Å². The molecular weight excluding hydrogens is 338 g/mol. The lowest BCUT2D eigenvalue weighted by atomic mass is 10.2. The maximum atomic E-state index is 11.6. The molecule has 0 aliphatic carbocycles. The van der Waals surface area contributed by atoms with Crippen molar-refractivity contribution in [2.24, 2.45) is 0 Å². The smallest absolute Gasteiger partial charge is 0.328 e. The maximum Gasteiger partial charge on any atom is 0.328 e. The van der Waals surface area contributed by atoms with E-state index in [9.17, 15) is 39.0 Å². The van der Waals surface area contributed by atoms with Crippen LogP contribution in [-0.4, -0.2) is 80.8 Å². The molecule has 2 heterocycles. The third-order valence-corrected chi connectivity index (χ3v) is 3.56. The summed E-state index contributed by atoms with van der Waals surface area (Å²) in [5.74, 6) is -6.16. The topological polar surface area (TPSA) is 161 Å². The van der Waals surface area contributed by atoms with Crippen molar-refractivity contribution < 1.29 is 39.0 Å². The monoisotopic (exact) mass is 351 g/mol. The first-order chi connectivity index (χ1) is 11.7. The number of rotatable bonds is 8. The number of nitrogens with one attached hydrogen (secondary N) is 1. The van der Waals surface area contributed by atoms with E-state index in [1.807, 2.05) is 0 Å². The van der Waals surface area contributed by atoms with Crippen molar-refractivity contribution in [3.63, 3.8) is 0 Å². The van der Waals surface area contributed by atoms with Crippen LogP contribution in [0.3, 0.4) is 0 Å². The lowest BCUT2D eigenvalue weighted by Gasteiger charge is -2.26. The van der Waals surface area contributed by atoms with E-state index in [1.54, 1.807) is 0 Å². The number of aliphatic carboxylic acids is 2. The van der Waals surface area contributed by atoms with E-state index in [4.69, 9.17) is 0 Å². The summed E-state index contributed by atoms with van der Waals surface area (Å²) >= 11 is 0. The van der Waals surface area contributed by atoms with Gasteiger partial charge in [0.05, 0.1) is 0 Å². The summed E-state index contributed by atoms with van der Waals surface area (Å²) < 4.78 is 0. The first-order valence-electron chi connectivity index (χ1n) is 7.01. The number of carboxylic acids is 2. The van der Waals surface area contributed by atoms with Crippen molar-refractivity contribution in [2.75, 3.05) is 13.1 Å². The number of carbonyl (C=O) groups is 6. The second-order valence-electron chi connectivity index (χ2n) is 5.13. The molecule has 11 nitrogen and oxygen atoms in total. The van der Waals surface area contributed by atoms with Crippen LogP contribution in [0.5, 0.6) is 0 Å². The molecule has 2 aliphatic rings. The molecule has 0 bridgehead atoms. The highest BCUT2D eigenvalue weighted by atomic mass is 16.4. The molecular formula is C14H13N3O8. The van der Waals surface area contributed by atoms with Gasteiger partial charge in [0, 0.05) is 37.4 Å². The van der Waals surface area contributed by atoms with Crippen molar-refractivity contribution in [3.8, 4) is 0 Å². The molecule has 3 N–H and O–H groups in total. The molecule has 2 atom stereocenters. The van der Waals surface area contributed by atoms with E-state index < -0.39 is 60.7 Å². The van der Waals surface area contributed by atoms with Gasteiger partial charge in [0.1, 0.15) is 12.1 Å². The normalized spacial score (nSPS) is 19.0. The van der Waals surface area contributed by atoms with Crippen LogP contribution in [-0.2, 0) is 28.8 Å². The SMILES string of the molecule is O=C(O)[C@H](CNC[C@@H](C(=O)O)N1C(=O)C=CC1=O)N1C(=O)C=CC1=O. The standard InChI is InChI=1S/C14H13N3O8/c18-9-1-2-10(19)16(9)7(13(22)23)5-15-6-8(14(24)25)17-11(20)3-4-12(17)21/h1-4,7-8,15H,5-6H2,(H,22,23)(H,24,25)/t7-,8-/m0/s1. The van der Waals surface area contributed by atoms with E-state index >= 15 is 0 Å². The van der Waals surface area contributed by atoms with Gasteiger partial charge >= 0.3 is 11.9 Å². The van der Waals surface area contributed by atoms with Crippen molar-refractivity contribution >= 4 is 35.6 Å². The summed E-state index contributed by atoms with van der Waals surface area (Å²) in [6, 6.07) is -3.12. The summed E-state index contributed by atoms with van der Waals surface area (Å²) in [6.07, 6.45) is 3.69. The Hall–Kier alpha value is -3.34. The molecule has 0 saturated heterocycles. The predicted molar refractivity (Wildman–Crippen MR) is 77.7 cm³/mol. The highest BCUT2D eigenvalue weighted by Crippen LogP contribution is 2.11. The Morgan fingerprint density at radius 1 is 0.760 bits per heavy atom. The molecule has 132 valence electrons. The number of hydrogen-bond acceptors (Lipinski definition) is 7. The Balaban J connectivity index is 2.03. The number of carboxylic acid groups (broad SMARTS) is 2. The third kappa shape index (κ3) is 3.61. The highest BCUT2D eigenvalue weighted by Gasteiger charge is 2.38. The Labute approximate surface area is 140 Å². The summed E-state index contributed by atoms with van der Waals surface area (Å²) in [5, 5.41) is 20.8. The van der Waals surface area contributed by atoms with Crippen LogP contribution in [0, 0.1) is 0 Å². The lowest BCUT2D eigenvalue weighted by molar-refractivity contribution is -0.154. The Kier molecular flexibility index (Phi) is 5.08. The molecule has 0 aromatic carbocycles. The van der Waals surface area contributed by atoms with Gasteiger partial charge in [0.2, 0.25) is 0 Å². The Morgan fingerprint density at radius 2 is 1.04 bits per heavy atom. The fourth-order valence-electron chi connectivity index (χ4n) is 2.37. The van der Waals surface area contributed by atoms with Crippen LogP contribution in [0.15, 0.2) is 24.3 Å². The van der Waals surface area contributed by atoms with Crippen molar-refractivity contribution in [1.82, 2.24) is 15.1 Å². The zero-order valence-electron chi connectivity index (χ0n) is 12.6. The minimum absolute atomic E-state index is 0.456. The number of hydrogen-bond donors (Lipinski definition) is 3. The summed E-state index contributed by atoms with van der Waals surface area (Å²) in [6.45, 7) is -0.913. The van der Waals surface area contributed by atoms with Gasteiger partial charge in [-0.2, -0.15) is 0 Å². The van der Waals surface area contributed by atoms with E-state index in [1.165, 1.54) is 0 Å². The van der Waals surface area contributed by atoms with Crippen LogP contribution in [0.2, 0.25) is 0 Å². The molecule has 2 rings (SSSR count). The second kappa shape index (κ2) is 7.05. The predicted octanol–water partition coefficient (Wildman–Crippen LogP) is -2.67. The third-order valence-electron chi connectivity index (χ3n) is 3.56. The number of imide groups is 2. The van der Waals surface area contributed by atoms with Gasteiger partial charge in [-0.3, -0.25) is 29.0 Å². The van der Waals surface area contributed by atoms with Gasteiger partial charge in [-0.1, -0.05) is 0 Å². The average molecular weight is 351 g/mol. The molecule has 11 heteroatoms. The van der Waals surface area contributed by atoms with Crippen LogP contribution >= 0.6 is 0 Å². The second-order valence-corrected chi connectivity index (χ2v) is 5.13. The number of amides is 4. The largest absolute Gasteiger partial charge is 0.480 e. The average Bonchev–Trinajstić information content (AvgIpc) is 3.03. The van der Waals surface area contributed by atoms with Crippen LogP contribution in [0.25, 0.3) is 0 Å². The molecule has 0 spiro atoms. The first kappa shape index (κ1) is 18.0. The molecule has 2 aliphatic heterocycles. The fourth-order valence-corrected chi connectivity index (χ4v) is 2.37. The van der Waals surface area contributed by atoms with Crippen LogP contribution in [0.1, 0.15) is 0 Å². The lowest BCUT2D eigenvalue weighted by Crippen LogP contribution is -2.54. The van der Waals surface area contributed by atoms with Crippen LogP contribution in [0.4, 0.5) is 0 Å². The molecule has 25 heavy (non-hydrogen) atoms. The number of nitrogens with zero attached hydrogens (tertiary/aromatic N) is 2. The van der Waals surface area contributed by atoms with Crippen LogP contribution < -0.4 is 5.32 Å². The summed E-state index contributed by atoms with van der Waals surface area (Å²) in [5.41, 5.74) is 0. The molecule has 0 unspecified atom stereocenters. The van der Waals surface area contributed by atoms with E-state index in [0.29, 0.717) is 9.80 Å². The van der Waals surface area contributed by atoms with Gasteiger partial charge in [0.15, 0.2) is 0 Å². The molecule has 4 amide bonds. The molecule has 0 fully saturated rings. The van der Waals surface area contributed by atoms with Crippen molar-refractivity contribution in [2.45, 2.75) is 12.1 Å². The van der Waals surface area contributed by atoms with Gasteiger partial charge in [-0.25, -0.2) is 9.59 Å². The molecule has 0 saturated carbocycles. The molecule has 0 radical (unpaired) electrons. The minimum Gasteiger partial charge on any atom is -0.480 e. The summed E-state index contributed by atoms with van der Waals surface area (Å²) in [4.78, 5) is 69.8. The zero-order valence-corrected chi connectivity index (χ0v) is 12.6. The van der Waals surface area contributed by atoms with Gasteiger partial charge in [-0.05, 0) is 0 Å². The van der Waals surface area contributed by atoms with Crippen molar-refractivity contribution in [3.05, 3.63) is 24.3 Å². The highest BCUT2D eigenvalue weighted by molar-refractivity contribution is 6.15. The quantitative estimate of drug-likeness (QED) is 0.396. The Bertz CT molecular complexity index is 630. The fraction of sp³-hybridized carbons (Fsp3) is 0.286. The minimum atomic E-state index is -1.56. The van der Waals surface area contributed by atoms with Gasteiger partial charge in [-0.15, -0.1) is 0 Å². The summed E-state index contributed by atoms with van der Waals surface area (Å²) in [7, 11) is 0. The zero-order chi connectivity index (χ0) is 18.7. The van der Waals surface area contributed by atoms with Gasteiger partial charge < -0.3 is 15.5 Å². The van der Waals surface area contributed by atoms with Crippen molar-refractivity contribution in [1.29, 1.82) is 0 Å². The molecule has 0 aromatic rings. The first-order valence-corrected chi connectivity index (χ1v) is 7.01. The molecule has 0 aromatic heterocycles. The maximum absolute atomic E-state index is 11.6. The van der Waals surface area contributed by atoms with E-state index in [2.05, 4.69) is 5.32 Å². The van der Waals surface area contributed by atoms with E-state index in [0.717, 1.165) is 24.3 Å². The number of carbonyl (C=O) groups excluding carboxylic acids is 4. The Morgan fingerprint density at radius 3 is 1.28 bits per heavy atom. The van der Waals surface area contributed by atoms with Gasteiger partial charge in [0.25, 0.3) is 23.6 Å².